The first-order valence-electron chi connectivity index (χ1n) is 6.75. The fourth-order valence-corrected chi connectivity index (χ4v) is 2.53. The maximum absolute atomic E-state index is 11.9. The Labute approximate surface area is 144 Å². The molecule has 0 aliphatic rings. The van der Waals surface area contributed by atoms with Gasteiger partial charge in [-0.25, -0.2) is 9.78 Å². The number of esters is 1. The van der Waals surface area contributed by atoms with Crippen molar-refractivity contribution in [3.8, 4) is 0 Å². The molecule has 0 radical (unpaired) electrons. The van der Waals surface area contributed by atoms with Crippen LogP contribution in [0.2, 0.25) is 0 Å². The van der Waals surface area contributed by atoms with Crippen molar-refractivity contribution in [2.75, 3.05) is 5.32 Å². The number of hydrogen-bond donors (Lipinski definition) is 2. The van der Waals surface area contributed by atoms with Crippen LogP contribution in [0.3, 0.4) is 0 Å². The highest BCUT2D eigenvalue weighted by atomic mass is 32.1. The maximum atomic E-state index is 11.9. The summed E-state index contributed by atoms with van der Waals surface area (Å²) >= 11 is 1.04. The van der Waals surface area contributed by atoms with Crippen molar-refractivity contribution in [1.82, 2.24) is 4.98 Å². The highest BCUT2D eigenvalue weighted by Crippen LogP contribution is 2.22. The largest absolute Gasteiger partial charge is 0.456 e. The number of benzene rings is 1. The number of carbonyl (C=O) groups is 3. The molecule has 130 valence electrons. The van der Waals surface area contributed by atoms with Crippen molar-refractivity contribution < 1.29 is 24.0 Å². The first kappa shape index (κ1) is 18.0. The molecule has 0 atom stereocenters. The number of amides is 2. The second-order valence-corrected chi connectivity index (χ2v) is 5.62. The molecule has 0 saturated heterocycles. The fraction of sp³-hybridized carbons (Fsp3) is 0.143. The molecular formula is C14H12N4O6S. The highest BCUT2D eigenvalue weighted by Gasteiger charge is 2.19. The van der Waals surface area contributed by atoms with Crippen LogP contribution in [0.5, 0.6) is 0 Å². The zero-order chi connectivity index (χ0) is 18.6. The van der Waals surface area contributed by atoms with Gasteiger partial charge in [-0.2, -0.15) is 0 Å². The minimum absolute atomic E-state index is 0.0266. The van der Waals surface area contributed by atoms with Gasteiger partial charge in [-0.15, -0.1) is 11.3 Å². The molecule has 3 N–H and O–H groups in total. The van der Waals surface area contributed by atoms with Crippen molar-refractivity contribution in [2.24, 2.45) is 5.73 Å². The Morgan fingerprint density at radius 2 is 2.12 bits per heavy atom. The van der Waals surface area contributed by atoms with Crippen molar-refractivity contribution in [3.05, 3.63) is 50.5 Å². The Hall–Kier alpha value is -3.34. The molecule has 0 spiro atoms. The van der Waals surface area contributed by atoms with Gasteiger partial charge < -0.3 is 15.8 Å². The number of nitro benzene ring substituents is 1. The van der Waals surface area contributed by atoms with Gasteiger partial charge in [0.15, 0.2) is 10.8 Å². The van der Waals surface area contributed by atoms with Crippen LogP contribution in [-0.2, 0) is 16.1 Å². The van der Waals surface area contributed by atoms with Gasteiger partial charge in [0, 0.05) is 23.9 Å². The fourth-order valence-electron chi connectivity index (χ4n) is 1.80. The lowest BCUT2D eigenvalue weighted by Gasteiger charge is -2.05. The number of hydrogen-bond acceptors (Lipinski definition) is 8. The molecular weight excluding hydrogens is 352 g/mol. The van der Waals surface area contributed by atoms with E-state index < -0.39 is 16.8 Å². The molecule has 2 aromatic rings. The summed E-state index contributed by atoms with van der Waals surface area (Å²) in [4.78, 5) is 48.2. The lowest BCUT2D eigenvalue weighted by atomic mass is 10.1. The summed E-state index contributed by atoms with van der Waals surface area (Å²) in [6.07, 6.45) is 0. The van der Waals surface area contributed by atoms with Crippen molar-refractivity contribution >= 4 is 39.9 Å². The Kier molecular flexibility index (Phi) is 5.39. The van der Waals surface area contributed by atoms with Gasteiger partial charge in [0.05, 0.1) is 10.5 Å². The average molecular weight is 364 g/mol. The molecule has 0 unspecified atom stereocenters. The van der Waals surface area contributed by atoms with E-state index in [0.717, 1.165) is 17.4 Å². The van der Waals surface area contributed by atoms with E-state index in [-0.39, 0.29) is 40.2 Å². The maximum Gasteiger partial charge on any atom is 0.358 e. The summed E-state index contributed by atoms with van der Waals surface area (Å²) < 4.78 is 5.00. The second kappa shape index (κ2) is 7.49. The third-order valence-electron chi connectivity index (χ3n) is 2.92. The lowest BCUT2D eigenvalue weighted by molar-refractivity contribution is -0.385. The van der Waals surface area contributed by atoms with Gasteiger partial charge in [-0.3, -0.25) is 19.7 Å². The van der Waals surface area contributed by atoms with Crippen molar-refractivity contribution in [2.45, 2.75) is 13.5 Å². The topological polar surface area (TPSA) is 155 Å². The van der Waals surface area contributed by atoms with Gasteiger partial charge in [-0.05, 0) is 12.1 Å². The molecule has 0 fully saturated rings. The monoisotopic (exact) mass is 364 g/mol. The van der Waals surface area contributed by atoms with Crippen LogP contribution < -0.4 is 11.1 Å². The molecule has 1 aromatic heterocycles. The number of nitrogens with one attached hydrogen (secondary N) is 1. The molecule has 0 saturated carbocycles. The van der Waals surface area contributed by atoms with E-state index >= 15 is 0 Å². The minimum atomic E-state index is -0.806. The number of rotatable bonds is 6. The SMILES string of the molecule is CC(=O)Nc1nc(C(=O)OCc2ccc(C(N)=O)cc2[N+](=O)[O-])cs1. The zero-order valence-electron chi connectivity index (χ0n) is 12.8. The number of primary amides is 1. The number of nitro groups is 1. The number of carbonyl (C=O) groups excluding carboxylic acids is 3. The number of ether oxygens (including phenoxy) is 1. The van der Waals surface area contributed by atoms with Crippen LogP contribution in [0.1, 0.15) is 33.3 Å². The van der Waals surface area contributed by atoms with Gasteiger partial charge in [0.1, 0.15) is 6.61 Å². The van der Waals surface area contributed by atoms with Crippen molar-refractivity contribution in [1.29, 1.82) is 0 Å². The Balaban J connectivity index is 2.11. The summed E-state index contributed by atoms with van der Waals surface area (Å²) in [6, 6.07) is 3.61. The molecule has 0 aliphatic heterocycles. The van der Waals surface area contributed by atoms with Gasteiger partial charge in [0.2, 0.25) is 11.8 Å². The standard InChI is InChI=1S/C14H12N4O6S/c1-7(19)16-14-17-10(6-25-14)13(21)24-5-9-3-2-8(12(15)20)4-11(9)18(22)23/h2-4,6H,5H2,1H3,(H2,15,20)(H,16,17,19). The summed E-state index contributed by atoms with van der Waals surface area (Å²) in [5.74, 6) is -1.94. The molecule has 11 heteroatoms. The molecule has 2 rings (SSSR count). The van der Waals surface area contributed by atoms with E-state index in [1.54, 1.807) is 0 Å². The Morgan fingerprint density at radius 1 is 1.40 bits per heavy atom. The first-order chi connectivity index (χ1) is 11.8. The summed E-state index contributed by atoms with van der Waals surface area (Å²) in [5.41, 5.74) is 4.73. The average Bonchev–Trinajstić information content (AvgIpc) is 2.99. The minimum Gasteiger partial charge on any atom is -0.456 e. The van der Waals surface area contributed by atoms with E-state index in [4.69, 9.17) is 10.5 Å². The smallest absolute Gasteiger partial charge is 0.358 e. The van der Waals surface area contributed by atoms with E-state index in [0.29, 0.717) is 0 Å². The number of aromatic nitrogens is 1. The molecule has 0 aliphatic carbocycles. The van der Waals surface area contributed by atoms with E-state index in [9.17, 15) is 24.5 Å². The normalized spacial score (nSPS) is 10.1. The van der Waals surface area contributed by atoms with Gasteiger partial charge in [-0.1, -0.05) is 0 Å². The molecule has 0 bridgehead atoms. The molecule has 10 nitrogen and oxygen atoms in total. The molecule has 25 heavy (non-hydrogen) atoms. The van der Waals surface area contributed by atoms with E-state index in [1.807, 2.05) is 0 Å². The van der Waals surface area contributed by atoms with Crippen LogP contribution >= 0.6 is 11.3 Å². The highest BCUT2D eigenvalue weighted by molar-refractivity contribution is 7.14. The summed E-state index contributed by atoms with van der Waals surface area (Å²) in [7, 11) is 0. The first-order valence-corrected chi connectivity index (χ1v) is 7.63. The summed E-state index contributed by atoms with van der Waals surface area (Å²) in [6.45, 7) is 0.912. The zero-order valence-corrected chi connectivity index (χ0v) is 13.7. The Bertz CT molecular complexity index is 863. The summed E-state index contributed by atoms with van der Waals surface area (Å²) in [5, 5.41) is 15.1. The molecule has 1 aromatic carbocycles. The quantitative estimate of drug-likeness (QED) is 0.446. The van der Waals surface area contributed by atoms with Crippen LogP contribution in [0.15, 0.2) is 23.6 Å². The third-order valence-corrected chi connectivity index (χ3v) is 3.68. The van der Waals surface area contributed by atoms with E-state index in [1.165, 1.54) is 24.4 Å². The van der Waals surface area contributed by atoms with E-state index in [2.05, 4.69) is 10.3 Å². The lowest BCUT2D eigenvalue weighted by Crippen LogP contribution is -2.12. The van der Waals surface area contributed by atoms with Gasteiger partial charge >= 0.3 is 5.97 Å². The van der Waals surface area contributed by atoms with Crippen molar-refractivity contribution in [3.63, 3.8) is 0 Å². The molecule has 2 amide bonds. The number of nitrogens with two attached hydrogens (primary N) is 1. The number of thiazole rings is 1. The van der Waals surface area contributed by atoms with Crippen LogP contribution in [0.25, 0.3) is 0 Å². The van der Waals surface area contributed by atoms with Gasteiger partial charge in [0.25, 0.3) is 5.69 Å². The van der Waals surface area contributed by atoms with Crippen LogP contribution in [0.4, 0.5) is 10.8 Å². The molecule has 1 heterocycles. The number of nitrogens with zero attached hydrogens (tertiary/aromatic N) is 2. The van der Waals surface area contributed by atoms with Crippen LogP contribution in [0, 0.1) is 10.1 Å². The Morgan fingerprint density at radius 3 is 2.72 bits per heavy atom. The second-order valence-electron chi connectivity index (χ2n) is 4.76. The predicted molar refractivity (Wildman–Crippen MR) is 87.2 cm³/mol. The third kappa shape index (κ3) is 4.57. The number of anilines is 1. The predicted octanol–water partition coefficient (Wildman–Crippen LogP) is 1.47. The van der Waals surface area contributed by atoms with Crippen LogP contribution in [-0.4, -0.2) is 27.7 Å².